The molecule has 1 aromatic heterocycles. The fraction of sp³-hybridized carbons (Fsp3) is 0.556. The van der Waals surface area contributed by atoms with E-state index in [4.69, 9.17) is 10.2 Å². The number of hydrogen-bond donors (Lipinski definition) is 3. The number of rotatable bonds is 4. The quantitative estimate of drug-likeness (QED) is 0.630. The molecule has 0 spiro atoms. The molecule has 0 aliphatic rings. The monoisotopic (exact) mass is 197 g/mol. The first kappa shape index (κ1) is 10.9. The van der Waals surface area contributed by atoms with Gasteiger partial charge in [-0.1, -0.05) is 0 Å². The molecule has 78 valence electrons. The Morgan fingerprint density at radius 1 is 1.29 bits per heavy atom. The molecule has 0 aliphatic carbocycles. The van der Waals surface area contributed by atoms with E-state index in [9.17, 15) is 0 Å². The van der Waals surface area contributed by atoms with Gasteiger partial charge in [0.25, 0.3) is 0 Å². The lowest BCUT2D eigenvalue weighted by Crippen LogP contribution is -2.43. The summed E-state index contributed by atoms with van der Waals surface area (Å²) in [6.07, 6.45) is 3.34. The first-order chi connectivity index (χ1) is 6.59. The standard InChI is InChI=1S/C9H15N3O2/c1-7-3-10-8(11-4-7)12-9(2,5-13)6-14/h3-4,13-14H,5-6H2,1-2H3,(H,10,11,12). The zero-order valence-corrected chi connectivity index (χ0v) is 8.36. The SMILES string of the molecule is Cc1cnc(NC(C)(CO)CO)nc1. The molecule has 1 rings (SSSR count). The van der Waals surface area contributed by atoms with E-state index < -0.39 is 5.54 Å². The van der Waals surface area contributed by atoms with Gasteiger partial charge in [-0.05, 0) is 19.4 Å². The Bertz CT molecular complexity index is 283. The summed E-state index contributed by atoms with van der Waals surface area (Å²) in [6.45, 7) is 3.22. The van der Waals surface area contributed by atoms with Crippen LogP contribution in [0, 0.1) is 6.92 Å². The highest BCUT2D eigenvalue weighted by Gasteiger charge is 2.22. The number of anilines is 1. The number of aromatic nitrogens is 2. The molecular formula is C9H15N3O2. The van der Waals surface area contributed by atoms with Gasteiger partial charge in [-0.2, -0.15) is 0 Å². The topological polar surface area (TPSA) is 78.3 Å². The minimum Gasteiger partial charge on any atom is -0.394 e. The summed E-state index contributed by atoms with van der Waals surface area (Å²) in [5.74, 6) is 0.404. The summed E-state index contributed by atoms with van der Waals surface area (Å²) in [6, 6.07) is 0. The molecule has 1 aromatic rings. The Kier molecular flexibility index (Phi) is 3.38. The van der Waals surface area contributed by atoms with Crippen LogP contribution in [0.2, 0.25) is 0 Å². The maximum absolute atomic E-state index is 9.02. The molecule has 5 heteroatoms. The van der Waals surface area contributed by atoms with Crippen LogP contribution in [-0.4, -0.2) is 38.9 Å². The minimum atomic E-state index is -0.782. The molecule has 0 aromatic carbocycles. The first-order valence-electron chi connectivity index (χ1n) is 4.38. The summed E-state index contributed by atoms with van der Waals surface area (Å²) < 4.78 is 0. The number of nitrogens with zero attached hydrogens (tertiary/aromatic N) is 2. The van der Waals surface area contributed by atoms with Crippen molar-refractivity contribution in [1.82, 2.24) is 9.97 Å². The molecule has 0 radical (unpaired) electrons. The molecule has 0 amide bonds. The largest absolute Gasteiger partial charge is 0.394 e. The summed E-state index contributed by atoms with van der Waals surface area (Å²) in [5.41, 5.74) is 0.181. The Hall–Kier alpha value is -1.20. The third-order valence-electron chi connectivity index (χ3n) is 1.89. The number of aliphatic hydroxyl groups is 2. The van der Waals surface area contributed by atoms with Gasteiger partial charge in [-0.3, -0.25) is 0 Å². The Morgan fingerprint density at radius 2 is 1.79 bits per heavy atom. The second-order valence-corrected chi connectivity index (χ2v) is 3.59. The van der Waals surface area contributed by atoms with E-state index in [1.54, 1.807) is 19.3 Å². The van der Waals surface area contributed by atoms with Crippen LogP contribution in [0.3, 0.4) is 0 Å². The van der Waals surface area contributed by atoms with Gasteiger partial charge >= 0.3 is 0 Å². The molecule has 3 N–H and O–H groups in total. The van der Waals surface area contributed by atoms with Crippen LogP contribution >= 0.6 is 0 Å². The van der Waals surface area contributed by atoms with Crippen LogP contribution in [0.15, 0.2) is 12.4 Å². The van der Waals surface area contributed by atoms with Crippen molar-refractivity contribution in [2.75, 3.05) is 18.5 Å². The van der Waals surface area contributed by atoms with Crippen molar-refractivity contribution in [1.29, 1.82) is 0 Å². The van der Waals surface area contributed by atoms with E-state index in [1.807, 2.05) is 6.92 Å². The van der Waals surface area contributed by atoms with Crippen molar-refractivity contribution in [2.24, 2.45) is 0 Å². The highest BCUT2D eigenvalue weighted by Crippen LogP contribution is 2.09. The lowest BCUT2D eigenvalue weighted by Gasteiger charge is -2.25. The van der Waals surface area contributed by atoms with Gasteiger partial charge in [0.05, 0.1) is 18.8 Å². The van der Waals surface area contributed by atoms with Crippen LogP contribution in [0.4, 0.5) is 5.95 Å². The van der Waals surface area contributed by atoms with E-state index in [2.05, 4.69) is 15.3 Å². The number of aryl methyl sites for hydroxylation is 1. The van der Waals surface area contributed by atoms with Gasteiger partial charge in [-0.15, -0.1) is 0 Å². The fourth-order valence-electron chi connectivity index (χ4n) is 0.856. The zero-order chi connectivity index (χ0) is 10.6. The van der Waals surface area contributed by atoms with Crippen molar-refractivity contribution in [3.05, 3.63) is 18.0 Å². The van der Waals surface area contributed by atoms with E-state index in [0.29, 0.717) is 5.95 Å². The van der Waals surface area contributed by atoms with Crippen molar-refractivity contribution in [2.45, 2.75) is 19.4 Å². The molecule has 0 atom stereocenters. The average Bonchev–Trinajstić information content (AvgIpc) is 2.21. The lowest BCUT2D eigenvalue weighted by molar-refractivity contribution is 0.147. The van der Waals surface area contributed by atoms with E-state index in [-0.39, 0.29) is 13.2 Å². The van der Waals surface area contributed by atoms with E-state index >= 15 is 0 Å². The normalized spacial score (nSPS) is 11.4. The molecule has 0 aliphatic heterocycles. The summed E-state index contributed by atoms with van der Waals surface area (Å²) in [7, 11) is 0. The molecule has 0 saturated heterocycles. The number of hydrogen-bond acceptors (Lipinski definition) is 5. The maximum atomic E-state index is 9.02. The van der Waals surface area contributed by atoms with Crippen LogP contribution in [0.5, 0.6) is 0 Å². The highest BCUT2D eigenvalue weighted by atomic mass is 16.3. The minimum absolute atomic E-state index is 0.180. The lowest BCUT2D eigenvalue weighted by atomic mass is 10.1. The molecular weight excluding hydrogens is 182 g/mol. The van der Waals surface area contributed by atoms with Gasteiger partial charge in [-0.25, -0.2) is 9.97 Å². The summed E-state index contributed by atoms with van der Waals surface area (Å²) in [5, 5.41) is 20.9. The van der Waals surface area contributed by atoms with E-state index in [0.717, 1.165) is 5.56 Å². The van der Waals surface area contributed by atoms with Crippen LogP contribution in [-0.2, 0) is 0 Å². The number of nitrogens with one attached hydrogen (secondary N) is 1. The van der Waals surface area contributed by atoms with Gasteiger partial charge in [0, 0.05) is 12.4 Å². The van der Waals surface area contributed by atoms with Crippen LogP contribution in [0.1, 0.15) is 12.5 Å². The van der Waals surface area contributed by atoms with E-state index in [1.165, 1.54) is 0 Å². The second-order valence-electron chi connectivity index (χ2n) is 3.59. The van der Waals surface area contributed by atoms with Crippen molar-refractivity contribution >= 4 is 5.95 Å². The maximum Gasteiger partial charge on any atom is 0.223 e. The van der Waals surface area contributed by atoms with Gasteiger partial charge < -0.3 is 15.5 Å². The zero-order valence-electron chi connectivity index (χ0n) is 8.36. The predicted octanol–water partition coefficient (Wildman–Crippen LogP) is -0.0598. The van der Waals surface area contributed by atoms with Gasteiger partial charge in [0.15, 0.2) is 0 Å². The molecule has 0 saturated carbocycles. The second kappa shape index (κ2) is 4.34. The molecule has 0 fully saturated rings. The molecule has 0 bridgehead atoms. The summed E-state index contributed by atoms with van der Waals surface area (Å²) in [4.78, 5) is 8.03. The fourth-order valence-corrected chi connectivity index (χ4v) is 0.856. The Balaban J connectivity index is 2.72. The third-order valence-corrected chi connectivity index (χ3v) is 1.89. The molecule has 1 heterocycles. The predicted molar refractivity (Wildman–Crippen MR) is 53.0 cm³/mol. The van der Waals surface area contributed by atoms with Gasteiger partial charge in [0.1, 0.15) is 0 Å². The molecule has 5 nitrogen and oxygen atoms in total. The smallest absolute Gasteiger partial charge is 0.223 e. The van der Waals surface area contributed by atoms with Gasteiger partial charge in [0.2, 0.25) is 5.95 Å². The molecule has 0 unspecified atom stereocenters. The summed E-state index contributed by atoms with van der Waals surface area (Å²) >= 11 is 0. The Labute approximate surface area is 82.8 Å². The van der Waals surface area contributed by atoms with Crippen LogP contribution in [0.25, 0.3) is 0 Å². The number of aliphatic hydroxyl groups excluding tert-OH is 2. The third kappa shape index (κ3) is 2.65. The van der Waals surface area contributed by atoms with Crippen molar-refractivity contribution in [3.63, 3.8) is 0 Å². The average molecular weight is 197 g/mol. The van der Waals surface area contributed by atoms with Crippen molar-refractivity contribution in [3.8, 4) is 0 Å². The Morgan fingerprint density at radius 3 is 2.21 bits per heavy atom. The van der Waals surface area contributed by atoms with Crippen molar-refractivity contribution < 1.29 is 10.2 Å². The highest BCUT2D eigenvalue weighted by molar-refractivity contribution is 5.29. The van der Waals surface area contributed by atoms with Crippen LogP contribution < -0.4 is 5.32 Å². The first-order valence-corrected chi connectivity index (χ1v) is 4.38. The molecule has 14 heavy (non-hydrogen) atoms.